The fourth-order valence-corrected chi connectivity index (χ4v) is 3.16. The van der Waals surface area contributed by atoms with Crippen molar-refractivity contribution < 1.29 is 19.1 Å². The van der Waals surface area contributed by atoms with Crippen molar-refractivity contribution in [3.8, 4) is 5.75 Å². The number of hydrogen-bond donors (Lipinski definition) is 1. The van der Waals surface area contributed by atoms with Crippen molar-refractivity contribution in [1.29, 1.82) is 0 Å². The van der Waals surface area contributed by atoms with E-state index in [0.29, 0.717) is 17.9 Å². The second-order valence-electron chi connectivity index (χ2n) is 7.31. The quantitative estimate of drug-likeness (QED) is 0.300. The average molecular weight is 392 g/mol. The standard InChI is InChI=1S/C23H37NO4/c1-4-5-6-7-8-9-10-11-12-13-14-22(23(26)27-3)28-21-17-15-20(16-18-21)24-19(2)25/h15-18,22H,4-14H2,1-3H3,(H,24,25)/t22-/m1/s1. The van der Waals surface area contributed by atoms with Crippen LogP contribution >= 0.6 is 0 Å². The number of unbranched alkanes of at least 4 members (excludes halogenated alkanes) is 9. The van der Waals surface area contributed by atoms with E-state index in [0.717, 1.165) is 12.8 Å². The van der Waals surface area contributed by atoms with Crippen LogP contribution in [0.1, 0.15) is 84.5 Å². The number of esters is 1. The Balaban J connectivity index is 2.29. The van der Waals surface area contributed by atoms with E-state index in [4.69, 9.17) is 9.47 Å². The molecule has 0 bridgehead atoms. The zero-order valence-electron chi connectivity index (χ0n) is 17.8. The number of benzene rings is 1. The number of carbonyl (C=O) groups excluding carboxylic acids is 2. The summed E-state index contributed by atoms with van der Waals surface area (Å²) < 4.78 is 10.7. The van der Waals surface area contributed by atoms with E-state index in [1.165, 1.54) is 65.4 Å². The molecule has 0 saturated heterocycles. The third kappa shape index (κ3) is 11.0. The minimum atomic E-state index is -0.592. The summed E-state index contributed by atoms with van der Waals surface area (Å²) in [6.45, 7) is 3.70. The van der Waals surface area contributed by atoms with Crippen LogP contribution in [-0.2, 0) is 14.3 Å². The summed E-state index contributed by atoms with van der Waals surface area (Å²) in [5.74, 6) is 0.125. The zero-order chi connectivity index (χ0) is 20.6. The number of rotatable bonds is 15. The zero-order valence-corrected chi connectivity index (χ0v) is 17.8. The first-order chi connectivity index (χ1) is 13.6. The van der Waals surface area contributed by atoms with Crippen LogP contribution in [0, 0.1) is 0 Å². The predicted octanol–water partition coefficient (Wildman–Crippen LogP) is 5.88. The third-order valence-electron chi connectivity index (χ3n) is 4.74. The van der Waals surface area contributed by atoms with Gasteiger partial charge in [-0.05, 0) is 37.1 Å². The Labute approximate surface area is 170 Å². The van der Waals surface area contributed by atoms with Crippen molar-refractivity contribution >= 4 is 17.6 Å². The maximum atomic E-state index is 12.0. The summed E-state index contributed by atoms with van der Waals surface area (Å²) in [4.78, 5) is 23.1. The Hall–Kier alpha value is -2.04. The molecule has 5 nitrogen and oxygen atoms in total. The van der Waals surface area contributed by atoms with Gasteiger partial charge in [0, 0.05) is 12.6 Å². The maximum absolute atomic E-state index is 12.0. The third-order valence-corrected chi connectivity index (χ3v) is 4.74. The molecule has 0 spiro atoms. The molecule has 1 aromatic rings. The molecule has 28 heavy (non-hydrogen) atoms. The first-order valence-electron chi connectivity index (χ1n) is 10.7. The molecule has 0 heterocycles. The van der Waals surface area contributed by atoms with E-state index in [-0.39, 0.29) is 11.9 Å². The van der Waals surface area contributed by atoms with Gasteiger partial charge in [0.15, 0.2) is 6.10 Å². The smallest absolute Gasteiger partial charge is 0.347 e. The number of nitrogens with one attached hydrogen (secondary N) is 1. The van der Waals surface area contributed by atoms with Crippen molar-refractivity contribution in [2.45, 2.75) is 90.6 Å². The van der Waals surface area contributed by atoms with E-state index in [1.807, 2.05) is 0 Å². The molecule has 0 aliphatic heterocycles. The van der Waals surface area contributed by atoms with Gasteiger partial charge in [-0.1, -0.05) is 64.7 Å². The van der Waals surface area contributed by atoms with E-state index < -0.39 is 6.10 Å². The van der Waals surface area contributed by atoms with Gasteiger partial charge in [0.05, 0.1) is 7.11 Å². The first kappa shape index (κ1) is 24.0. The van der Waals surface area contributed by atoms with Gasteiger partial charge in [0.1, 0.15) is 5.75 Å². The van der Waals surface area contributed by atoms with Crippen LogP contribution in [0.25, 0.3) is 0 Å². The molecule has 1 aromatic carbocycles. The fraction of sp³-hybridized carbons (Fsp3) is 0.652. The van der Waals surface area contributed by atoms with Crippen molar-refractivity contribution in [2.24, 2.45) is 0 Å². The Kier molecular flexibility index (Phi) is 12.8. The lowest BCUT2D eigenvalue weighted by Gasteiger charge is -2.17. The molecule has 5 heteroatoms. The van der Waals surface area contributed by atoms with Crippen LogP contribution in [0.5, 0.6) is 5.75 Å². The van der Waals surface area contributed by atoms with Crippen LogP contribution < -0.4 is 10.1 Å². The van der Waals surface area contributed by atoms with Crippen molar-refractivity contribution in [3.63, 3.8) is 0 Å². The van der Waals surface area contributed by atoms with E-state index in [2.05, 4.69) is 12.2 Å². The largest absolute Gasteiger partial charge is 0.479 e. The summed E-state index contributed by atoms with van der Waals surface area (Å²) in [7, 11) is 1.39. The van der Waals surface area contributed by atoms with E-state index in [1.54, 1.807) is 24.3 Å². The number of amides is 1. The van der Waals surface area contributed by atoms with Gasteiger partial charge in [-0.15, -0.1) is 0 Å². The predicted molar refractivity (Wildman–Crippen MR) is 114 cm³/mol. The molecule has 0 radical (unpaired) electrons. The molecule has 0 aliphatic carbocycles. The highest BCUT2D eigenvalue weighted by Gasteiger charge is 2.20. The van der Waals surface area contributed by atoms with Crippen LogP contribution in [0.4, 0.5) is 5.69 Å². The molecule has 0 aromatic heterocycles. The minimum absolute atomic E-state index is 0.123. The number of hydrogen-bond acceptors (Lipinski definition) is 4. The lowest BCUT2D eigenvalue weighted by Crippen LogP contribution is -2.28. The SMILES string of the molecule is CCCCCCCCCCCC[C@@H](Oc1ccc(NC(C)=O)cc1)C(=O)OC. The van der Waals surface area contributed by atoms with E-state index >= 15 is 0 Å². The Morgan fingerprint density at radius 1 is 0.893 bits per heavy atom. The van der Waals surface area contributed by atoms with Gasteiger partial charge in [-0.3, -0.25) is 4.79 Å². The topological polar surface area (TPSA) is 64.6 Å². The summed E-state index contributed by atoms with van der Waals surface area (Å²) in [6, 6.07) is 7.01. The molecule has 0 saturated carbocycles. The molecule has 0 fully saturated rings. The van der Waals surface area contributed by atoms with E-state index in [9.17, 15) is 9.59 Å². The van der Waals surface area contributed by atoms with Crippen molar-refractivity contribution in [3.05, 3.63) is 24.3 Å². The normalized spacial score (nSPS) is 11.7. The summed E-state index contributed by atoms with van der Waals surface area (Å²) in [6.07, 6.45) is 12.6. The van der Waals surface area contributed by atoms with Crippen LogP contribution in [0.15, 0.2) is 24.3 Å². The molecule has 1 atom stereocenters. The molecule has 1 rings (SSSR count). The molecule has 158 valence electrons. The fourth-order valence-electron chi connectivity index (χ4n) is 3.16. The summed E-state index contributed by atoms with van der Waals surface area (Å²) in [5.41, 5.74) is 0.698. The highest BCUT2D eigenvalue weighted by molar-refractivity contribution is 5.88. The number of carbonyl (C=O) groups is 2. The summed E-state index contributed by atoms with van der Waals surface area (Å²) in [5, 5.41) is 2.71. The molecular weight excluding hydrogens is 354 g/mol. The van der Waals surface area contributed by atoms with Crippen molar-refractivity contribution in [2.75, 3.05) is 12.4 Å². The summed E-state index contributed by atoms with van der Waals surface area (Å²) >= 11 is 0. The second kappa shape index (κ2) is 14.9. The van der Waals surface area contributed by atoms with Crippen molar-refractivity contribution in [1.82, 2.24) is 0 Å². The van der Waals surface area contributed by atoms with Gasteiger partial charge in [-0.2, -0.15) is 0 Å². The average Bonchev–Trinajstić information content (AvgIpc) is 2.68. The second-order valence-corrected chi connectivity index (χ2v) is 7.31. The molecule has 1 N–H and O–H groups in total. The number of methoxy groups -OCH3 is 1. The minimum Gasteiger partial charge on any atom is -0.479 e. The van der Waals surface area contributed by atoms with Gasteiger partial charge >= 0.3 is 5.97 Å². The highest BCUT2D eigenvalue weighted by Crippen LogP contribution is 2.20. The Morgan fingerprint density at radius 3 is 1.93 bits per heavy atom. The molecule has 1 amide bonds. The molecular formula is C23H37NO4. The number of anilines is 1. The lowest BCUT2D eigenvalue weighted by molar-refractivity contribution is -0.149. The molecule has 0 aliphatic rings. The Bertz CT molecular complexity index is 556. The lowest BCUT2D eigenvalue weighted by atomic mass is 10.0. The van der Waals surface area contributed by atoms with Crippen LogP contribution in [0.3, 0.4) is 0 Å². The molecule has 0 unspecified atom stereocenters. The maximum Gasteiger partial charge on any atom is 0.347 e. The Morgan fingerprint density at radius 2 is 1.43 bits per heavy atom. The number of ether oxygens (including phenoxy) is 2. The highest BCUT2D eigenvalue weighted by atomic mass is 16.6. The van der Waals surface area contributed by atoms with Gasteiger partial charge in [0.2, 0.25) is 5.91 Å². The first-order valence-corrected chi connectivity index (χ1v) is 10.7. The monoisotopic (exact) mass is 391 g/mol. The van der Waals surface area contributed by atoms with Crippen LogP contribution in [0.2, 0.25) is 0 Å². The van der Waals surface area contributed by atoms with Gasteiger partial charge < -0.3 is 14.8 Å². The van der Waals surface area contributed by atoms with Gasteiger partial charge in [-0.25, -0.2) is 4.79 Å². The van der Waals surface area contributed by atoms with Gasteiger partial charge in [0.25, 0.3) is 0 Å². The van der Waals surface area contributed by atoms with Crippen LogP contribution in [-0.4, -0.2) is 25.1 Å².